The quantitative estimate of drug-likeness (QED) is 0.819. The van der Waals surface area contributed by atoms with Gasteiger partial charge in [-0.3, -0.25) is 5.32 Å². The number of hydrogen-bond donors (Lipinski definition) is 1. The van der Waals surface area contributed by atoms with Gasteiger partial charge in [0.2, 0.25) is 11.2 Å². The van der Waals surface area contributed by atoms with Gasteiger partial charge in [-0.15, -0.1) is 0 Å². The van der Waals surface area contributed by atoms with Gasteiger partial charge in [0.05, 0.1) is 30.3 Å². The molecule has 27 heavy (non-hydrogen) atoms. The number of nitrogens with one attached hydrogen (secondary N) is 1. The summed E-state index contributed by atoms with van der Waals surface area (Å²) in [7, 11) is 0. The fraction of sp³-hybridized carbons (Fsp3) is 0.562. The molecule has 1 aliphatic rings. The first kappa shape index (κ1) is 19.7. The molecule has 3 rings (SSSR count). The van der Waals surface area contributed by atoms with Crippen LogP contribution >= 0.6 is 22.9 Å². The molecule has 0 bridgehead atoms. The molecule has 146 valence electrons. The van der Waals surface area contributed by atoms with E-state index < -0.39 is 11.7 Å². The van der Waals surface area contributed by atoms with Crippen LogP contribution in [0.15, 0.2) is 6.20 Å². The molecule has 0 aromatic carbocycles. The number of carbonyl (C=O) groups excluding carboxylic acids is 1. The van der Waals surface area contributed by atoms with Crippen molar-refractivity contribution in [3.8, 4) is 10.7 Å². The minimum atomic E-state index is -0.588. The van der Waals surface area contributed by atoms with Crippen LogP contribution in [0.1, 0.15) is 27.7 Å². The largest absolute Gasteiger partial charge is 0.444 e. The van der Waals surface area contributed by atoms with Crippen LogP contribution in [0.25, 0.3) is 10.7 Å². The van der Waals surface area contributed by atoms with Gasteiger partial charge < -0.3 is 14.4 Å². The van der Waals surface area contributed by atoms with E-state index in [0.29, 0.717) is 41.5 Å². The molecule has 9 nitrogen and oxygen atoms in total. The number of hydrogen-bond acceptors (Lipinski definition) is 9. The maximum atomic E-state index is 11.9. The second kappa shape index (κ2) is 7.91. The summed E-state index contributed by atoms with van der Waals surface area (Å²) >= 11 is 7.33. The van der Waals surface area contributed by atoms with Crippen LogP contribution in [0, 0.1) is 0 Å². The number of amides is 1. The summed E-state index contributed by atoms with van der Waals surface area (Å²) in [5, 5.41) is 3.09. The summed E-state index contributed by atoms with van der Waals surface area (Å²) in [5.74, 6) is 0.897. The number of ether oxygens (including phenoxy) is 2. The Morgan fingerprint density at radius 1 is 1.41 bits per heavy atom. The molecule has 1 aliphatic heterocycles. The lowest BCUT2D eigenvalue weighted by Crippen LogP contribution is -2.44. The topological polar surface area (TPSA) is 102 Å². The fourth-order valence-electron chi connectivity index (χ4n) is 2.43. The Balaban J connectivity index is 1.79. The molecule has 0 unspecified atom stereocenters. The van der Waals surface area contributed by atoms with Gasteiger partial charge in [-0.1, -0.05) is 11.3 Å². The van der Waals surface area contributed by atoms with Gasteiger partial charge in [0, 0.05) is 6.54 Å². The summed E-state index contributed by atoms with van der Waals surface area (Å²) < 4.78 is 10.7. The van der Waals surface area contributed by atoms with Crippen LogP contribution < -0.4 is 10.2 Å². The van der Waals surface area contributed by atoms with Gasteiger partial charge in [-0.05, 0) is 39.3 Å². The number of aromatic nitrogens is 4. The highest BCUT2D eigenvalue weighted by atomic mass is 35.5. The molecule has 2 aromatic heterocycles. The Labute approximate surface area is 166 Å². The van der Waals surface area contributed by atoms with Crippen molar-refractivity contribution in [3.05, 3.63) is 11.5 Å². The Bertz CT molecular complexity index is 825. The Morgan fingerprint density at radius 3 is 2.89 bits per heavy atom. The number of morpholine rings is 1. The summed E-state index contributed by atoms with van der Waals surface area (Å²) in [6.07, 6.45) is 1.01. The zero-order valence-electron chi connectivity index (χ0n) is 15.5. The summed E-state index contributed by atoms with van der Waals surface area (Å²) in [5.41, 5.74) is -0.588. The minimum Gasteiger partial charge on any atom is -0.444 e. The molecule has 1 amide bonds. The van der Waals surface area contributed by atoms with Gasteiger partial charge in [-0.25, -0.2) is 9.78 Å². The van der Waals surface area contributed by atoms with Crippen LogP contribution in [0.2, 0.25) is 5.28 Å². The molecule has 0 radical (unpaired) electrons. The van der Waals surface area contributed by atoms with E-state index in [2.05, 4.69) is 25.3 Å². The van der Waals surface area contributed by atoms with Gasteiger partial charge in [-0.2, -0.15) is 15.0 Å². The molecule has 1 saturated heterocycles. The van der Waals surface area contributed by atoms with E-state index in [9.17, 15) is 4.79 Å². The summed E-state index contributed by atoms with van der Waals surface area (Å²) in [6, 6.07) is 0.135. The molecule has 0 aliphatic carbocycles. The molecule has 3 heterocycles. The molecule has 1 atom stereocenters. The molecule has 2 aromatic rings. The molecular formula is C16H21ClN6O3S. The number of rotatable bonds is 3. The first-order valence-electron chi connectivity index (χ1n) is 8.43. The number of anilines is 2. The molecule has 0 saturated carbocycles. The van der Waals surface area contributed by atoms with E-state index in [0.717, 1.165) is 0 Å². The number of carbonyl (C=O) groups is 1. The maximum Gasteiger partial charge on any atom is 0.413 e. The lowest BCUT2D eigenvalue weighted by atomic mass is 10.2. The van der Waals surface area contributed by atoms with Gasteiger partial charge in [0.1, 0.15) is 5.60 Å². The van der Waals surface area contributed by atoms with Gasteiger partial charge in [0.25, 0.3) is 0 Å². The van der Waals surface area contributed by atoms with Crippen LogP contribution in [0.5, 0.6) is 0 Å². The Morgan fingerprint density at radius 2 is 2.19 bits per heavy atom. The standard InChI is InChI=1S/C16H21ClN6O3S/c1-9-8-25-6-5-23(9)13-20-11(19-12(17)21-13)10-7-18-14(27-10)22-15(24)26-16(2,3)4/h7,9H,5-6,8H2,1-4H3,(H,18,22,24)/t9-/m0/s1. The van der Waals surface area contributed by atoms with Crippen LogP contribution in [-0.2, 0) is 9.47 Å². The van der Waals surface area contributed by atoms with E-state index in [4.69, 9.17) is 21.1 Å². The molecule has 11 heteroatoms. The Hall–Kier alpha value is -2.04. The van der Waals surface area contributed by atoms with E-state index in [-0.39, 0.29) is 11.3 Å². The molecule has 1 fully saturated rings. The zero-order chi connectivity index (χ0) is 19.6. The van der Waals surface area contributed by atoms with Crippen LogP contribution in [0.4, 0.5) is 15.9 Å². The van der Waals surface area contributed by atoms with Crippen molar-refractivity contribution in [3.63, 3.8) is 0 Å². The van der Waals surface area contributed by atoms with E-state index in [1.165, 1.54) is 11.3 Å². The number of halogens is 1. The lowest BCUT2D eigenvalue weighted by Gasteiger charge is -2.33. The van der Waals surface area contributed by atoms with Crippen molar-refractivity contribution in [2.75, 3.05) is 30.0 Å². The highest BCUT2D eigenvalue weighted by Gasteiger charge is 2.23. The third-order valence-electron chi connectivity index (χ3n) is 3.55. The SMILES string of the molecule is C[C@H]1COCCN1c1nc(Cl)nc(-c2cnc(NC(=O)OC(C)(C)C)s2)n1. The van der Waals surface area contributed by atoms with Gasteiger partial charge >= 0.3 is 6.09 Å². The van der Waals surface area contributed by atoms with Crippen LogP contribution in [0.3, 0.4) is 0 Å². The van der Waals surface area contributed by atoms with Crippen molar-refractivity contribution < 1.29 is 14.3 Å². The fourth-order valence-corrected chi connectivity index (χ4v) is 3.32. The van der Waals surface area contributed by atoms with E-state index >= 15 is 0 Å². The first-order chi connectivity index (χ1) is 12.7. The van der Waals surface area contributed by atoms with E-state index in [1.54, 1.807) is 27.0 Å². The maximum absolute atomic E-state index is 11.9. The van der Waals surface area contributed by atoms with Crippen LogP contribution in [-0.4, -0.2) is 57.4 Å². The number of nitrogens with zero attached hydrogens (tertiary/aromatic N) is 5. The number of thiazole rings is 1. The van der Waals surface area contributed by atoms with E-state index in [1.807, 2.05) is 11.8 Å². The summed E-state index contributed by atoms with van der Waals surface area (Å²) in [6.45, 7) is 9.29. The summed E-state index contributed by atoms with van der Waals surface area (Å²) in [4.78, 5) is 31.7. The second-order valence-corrected chi connectivity index (χ2v) is 8.37. The monoisotopic (exact) mass is 412 g/mol. The second-order valence-electron chi connectivity index (χ2n) is 7.00. The predicted octanol–water partition coefficient (Wildman–Crippen LogP) is 3.22. The highest BCUT2D eigenvalue weighted by molar-refractivity contribution is 7.19. The zero-order valence-corrected chi connectivity index (χ0v) is 17.1. The van der Waals surface area contributed by atoms with Crippen molar-refractivity contribution in [2.24, 2.45) is 0 Å². The van der Waals surface area contributed by atoms with Crippen molar-refractivity contribution >= 4 is 40.1 Å². The van der Waals surface area contributed by atoms with Gasteiger partial charge in [0.15, 0.2) is 11.0 Å². The average Bonchev–Trinajstić information content (AvgIpc) is 3.01. The molecule has 1 N–H and O–H groups in total. The highest BCUT2D eigenvalue weighted by Crippen LogP contribution is 2.29. The third-order valence-corrected chi connectivity index (χ3v) is 4.63. The first-order valence-corrected chi connectivity index (χ1v) is 9.63. The van der Waals surface area contributed by atoms with Crippen molar-refractivity contribution in [1.82, 2.24) is 19.9 Å². The Kier molecular flexibility index (Phi) is 5.78. The normalized spacial score (nSPS) is 17.7. The average molecular weight is 413 g/mol. The smallest absolute Gasteiger partial charge is 0.413 e. The van der Waals surface area contributed by atoms with Crippen molar-refractivity contribution in [1.29, 1.82) is 0 Å². The predicted molar refractivity (Wildman–Crippen MR) is 103 cm³/mol. The molecule has 0 spiro atoms. The van der Waals surface area contributed by atoms with Crippen molar-refractivity contribution in [2.45, 2.75) is 39.3 Å². The third kappa shape index (κ3) is 5.24. The molecular weight excluding hydrogens is 392 g/mol. The minimum absolute atomic E-state index is 0.101. The lowest BCUT2D eigenvalue weighted by molar-refractivity contribution is 0.0636.